The highest BCUT2D eigenvalue weighted by Gasteiger charge is 2.33. The zero-order chi connectivity index (χ0) is 22.4. The Hall–Kier alpha value is -3.39. The van der Waals surface area contributed by atoms with Gasteiger partial charge in [-0.3, -0.25) is 10.1 Å². The molecule has 0 unspecified atom stereocenters. The number of ether oxygens (including phenoxy) is 2. The Morgan fingerprint density at radius 3 is 2.16 bits per heavy atom. The van der Waals surface area contributed by atoms with E-state index in [9.17, 15) is 23.3 Å². The molecule has 3 aromatic carbocycles. The first-order valence-corrected chi connectivity index (χ1v) is 9.43. The molecule has 0 atom stereocenters. The number of nitro benzene ring substituents is 1. The molecule has 0 aliphatic rings. The molecule has 0 fully saturated rings. The summed E-state index contributed by atoms with van der Waals surface area (Å²) in [6.45, 7) is 0.927. The quantitative estimate of drug-likeness (QED) is 0.322. The lowest BCUT2D eigenvalue weighted by molar-refractivity contribution is -0.384. The standard InChI is InChI=1S/C23H20F3NO4/c1-30-13-12-16-4-9-20(10-5-16)31-15-17-2-6-18(7-3-17)21-11-8-19(23(24,25)26)14-22(21)27(28)29/h2-11,14H,12-13,15H2,1H3. The number of nitrogens with zero attached hydrogens (tertiary/aromatic N) is 1. The van der Waals surface area contributed by atoms with Crippen molar-refractivity contribution in [3.8, 4) is 16.9 Å². The van der Waals surface area contributed by atoms with E-state index in [4.69, 9.17) is 9.47 Å². The number of rotatable bonds is 8. The third kappa shape index (κ3) is 5.82. The average molecular weight is 431 g/mol. The Bertz CT molecular complexity index is 1030. The number of benzene rings is 3. The lowest BCUT2D eigenvalue weighted by atomic mass is 10.0. The van der Waals surface area contributed by atoms with Crippen molar-refractivity contribution in [2.75, 3.05) is 13.7 Å². The Morgan fingerprint density at radius 2 is 1.58 bits per heavy atom. The Labute approximate surface area is 177 Å². The molecule has 0 aliphatic heterocycles. The summed E-state index contributed by atoms with van der Waals surface area (Å²) in [6.07, 6.45) is -3.83. The van der Waals surface area contributed by atoms with Gasteiger partial charge in [0, 0.05) is 13.2 Å². The van der Waals surface area contributed by atoms with Crippen LogP contribution in [0.4, 0.5) is 18.9 Å². The minimum atomic E-state index is -4.65. The molecule has 0 bridgehead atoms. The topological polar surface area (TPSA) is 61.6 Å². The summed E-state index contributed by atoms with van der Waals surface area (Å²) in [5.74, 6) is 0.698. The fourth-order valence-electron chi connectivity index (χ4n) is 3.02. The molecule has 31 heavy (non-hydrogen) atoms. The van der Waals surface area contributed by atoms with Crippen LogP contribution in [-0.4, -0.2) is 18.6 Å². The molecule has 3 aromatic rings. The summed E-state index contributed by atoms with van der Waals surface area (Å²) >= 11 is 0. The van der Waals surface area contributed by atoms with Crippen molar-refractivity contribution < 1.29 is 27.6 Å². The molecule has 5 nitrogen and oxygen atoms in total. The highest BCUT2D eigenvalue weighted by Crippen LogP contribution is 2.37. The second-order valence-corrected chi connectivity index (χ2v) is 6.86. The third-order valence-corrected chi connectivity index (χ3v) is 4.71. The highest BCUT2D eigenvalue weighted by atomic mass is 19.4. The number of methoxy groups -OCH3 is 1. The lowest BCUT2D eigenvalue weighted by Crippen LogP contribution is -2.06. The summed E-state index contributed by atoms with van der Waals surface area (Å²) < 4.78 is 49.4. The lowest BCUT2D eigenvalue weighted by Gasteiger charge is -2.10. The normalized spacial score (nSPS) is 11.4. The first-order valence-electron chi connectivity index (χ1n) is 9.43. The SMILES string of the molecule is COCCc1ccc(OCc2ccc(-c3ccc(C(F)(F)F)cc3[N+](=O)[O-])cc2)cc1. The average Bonchev–Trinajstić information content (AvgIpc) is 2.76. The third-order valence-electron chi connectivity index (χ3n) is 4.71. The van der Waals surface area contributed by atoms with Gasteiger partial charge in [-0.05, 0) is 47.4 Å². The van der Waals surface area contributed by atoms with Crippen LogP contribution in [0.1, 0.15) is 16.7 Å². The molecule has 0 spiro atoms. The van der Waals surface area contributed by atoms with Crippen LogP contribution < -0.4 is 4.74 Å². The van der Waals surface area contributed by atoms with Crippen molar-refractivity contribution >= 4 is 5.69 Å². The molecule has 0 heterocycles. The van der Waals surface area contributed by atoms with E-state index in [1.807, 2.05) is 24.3 Å². The highest BCUT2D eigenvalue weighted by molar-refractivity contribution is 5.74. The number of nitro groups is 1. The monoisotopic (exact) mass is 431 g/mol. The van der Waals surface area contributed by atoms with E-state index in [1.165, 1.54) is 0 Å². The molecule has 0 saturated heterocycles. The molecule has 0 N–H and O–H groups in total. The molecule has 162 valence electrons. The molecule has 0 saturated carbocycles. The second kappa shape index (κ2) is 9.61. The predicted molar refractivity (Wildman–Crippen MR) is 110 cm³/mol. The van der Waals surface area contributed by atoms with E-state index in [0.29, 0.717) is 24.0 Å². The number of hydrogen-bond acceptors (Lipinski definition) is 4. The Balaban J connectivity index is 1.71. The molecule has 0 aromatic heterocycles. The summed E-state index contributed by atoms with van der Waals surface area (Å²) in [4.78, 5) is 10.5. The maximum absolute atomic E-state index is 12.9. The van der Waals surface area contributed by atoms with Crippen LogP contribution in [-0.2, 0) is 23.9 Å². The fourth-order valence-corrected chi connectivity index (χ4v) is 3.02. The van der Waals surface area contributed by atoms with Crippen molar-refractivity contribution in [2.24, 2.45) is 0 Å². The predicted octanol–water partition coefficient (Wildman–Crippen LogP) is 6.05. The van der Waals surface area contributed by atoms with Crippen LogP contribution in [0, 0.1) is 10.1 Å². The van der Waals surface area contributed by atoms with Crippen molar-refractivity contribution in [3.63, 3.8) is 0 Å². The van der Waals surface area contributed by atoms with Crippen molar-refractivity contribution in [1.82, 2.24) is 0 Å². The molecular formula is C23H20F3NO4. The van der Waals surface area contributed by atoms with E-state index in [1.54, 1.807) is 31.4 Å². The van der Waals surface area contributed by atoms with Gasteiger partial charge in [0.15, 0.2) is 0 Å². The molecule has 0 amide bonds. The van der Waals surface area contributed by atoms with Gasteiger partial charge in [0.05, 0.1) is 22.7 Å². The van der Waals surface area contributed by atoms with Gasteiger partial charge in [-0.2, -0.15) is 13.2 Å². The van der Waals surface area contributed by atoms with Crippen LogP contribution >= 0.6 is 0 Å². The molecular weight excluding hydrogens is 411 g/mol. The fraction of sp³-hybridized carbons (Fsp3) is 0.217. The Kier molecular flexibility index (Phi) is 6.91. The van der Waals surface area contributed by atoms with Crippen LogP contribution in [0.15, 0.2) is 66.7 Å². The van der Waals surface area contributed by atoms with Gasteiger partial charge in [0.2, 0.25) is 0 Å². The van der Waals surface area contributed by atoms with E-state index < -0.39 is 22.4 Å². The minimum absolute atomic E-state index is 0.122. The van der Waals surface area contributed by atoms with Gasteiger partial charge in [-0.15, -0.1) is 0 Å². The van der Waals surface area contributed by atoms with Crippen molar-refractivity contribution in [2.45, 2.75) is 19.2 Å². The molecule has 8 heteroatoms. The number of halogens is 3. The minimum Gasteiger partial charge on any atom is -0.489 e. The number of alkyl halides is 3. The molecule has 3 rings (SSSR count). The van der Waals surface area contributed by atoms with Gasteiger partial charge in [-0.1, -0.05) is 36.4 Å². The second-order valence-electron chi connectivity index (χ2n) is 6.86. The van der Waals surface area contributed by atoms with Crippen LogP contribution in [0.2, 0.25) is 0 Å². The summed E-state index contributed by atoms with van der Waals surface area (Å²) in [5, 5.41) is 11.3. The first-order chi connectivity index (χ1) is 14.8. The van der Waals surface area contributed by atoms with Gasteiger partial charge < -0.3 is 9.47 Å². The van der Waals surface area contributed by atoms with E-state index in [-0.39, 0.29) is 12.2 Å². The summed E-state index contributed by atoms with van der Waals surface area (Å²) in [7, 11) is 1.65. The van der Waals surface area contributed by atoms with Gasteiger partial charge in [0.1, 0.15) is 12.4 Å². The van der Waals surface area contributed by atoms with Crippen LogP contribution in [0.25, 0.3) is 11.1 Å². The zero-order valence-corrected chi connectivity index (χ0v) is 16.7. The van der Waals surface area contributed by atoms with E-state index in [2.05, 4.69) is 0 Å². The van der Waals surface area contributed by atoms with E-state index in [0.717, 1.165) is 29.7 Å². The van der Waals surface area contributed by atoms with Gasteiger partial charge in [-0.25, -0.2) is 0 Å². The van der Waals surface area contributed by atoms with Crippen LogP contribution in [0.3, 0.4) is 0 Å². The largest absolute Gasteiger partial charge is 0.489 e. The summed E-state index contributed by atoms with van der Waals surface area (Å²) in [6, 6.07) is 16.9. The van der Waals surface area contributed by atoms with Crippen molar-refractivity contribution in [1.29, 1.82) is 0 Å². The van der Waals surface area contributed by atoms with Crippen LogP contribution in [0.5, 0.6) is 5.75 Å². The first kappa shape index (κ1) is 22.3. The zero-order valence-electron chi connectivity index (χ0n) is 16.7. The van der Waals surface area contributed by atoms with Gasteiger partial charge >= 0.3 is 6.18 Å². The molecule has 0 aliphatic carbocycles. The Morgan fingerprint density at radius 1 is 0.935 bits per heavy atom. The smallest absolute Gasteiger partial charge is 0.416 e. The van der Waals surface area contributed by atoms with E-state index >= 15 is 0 Å². The maximum atomic E-state index is 12.9. The molecule has 0 radical (unpaired) electrons. The maximum Gasteiger partial charge on any atom is 0.416 e. The van der Waals surface area contributed by atoms with Gasteiger partial charge in [0.25, 0.3) is 5.69 Å². The summed E-state index contributed by atoms with van der Waals surface area (Å²) in [5.41, 5.74) is 0.885. The van der Waals surface area contributed by atoms with Crippen molar-refractivity contribution in [3.05, 3.63) is 93.5 Å². The number of hydrogen-bond donors (Lipinski definition) is 0.